The molecule has 0 saturated heterocycles. The number of Topliss-reactive ketones (excluding diaryl/α,β-unsaturated/α-hetero) is 1. The molecule has 3 heteroatoms. The number of ketones is 1. The van der Waals surface area contributed by atoms with Crippen molar-refractivity contribution in [2.45, 2.75) is 19.3 Å². The summed E-state index contributed by atoms with van der Waals surface area (Å²) in [5, 5.41) is 0. The highest BCUT2D eigenvalue weighted by molar-refractivity contribution is 9.10. The van der Waals surface area contributed by atoms with E-state index < -0.39 is 5.82 Å². The standard InChI is InChI=1S/C13H12BrFO/c14-7-4-5-11(15)10(6-7)13(16)12-8-2-1-3-9(8)12/h4-6,8-9,12H,1-3H2. The molecule has 0 N–H and O–H groups in total. The third kappa shape index (κ3) is 1.53. The Morgan fingerprint density at radius 3 is 2.69 bits per heavy atom. The van der Waals surface area contributed by atoms with Crippen LogP contribution < -0.4 is 0 Å². The molecule has 1 aromatic carbocycles. The molecule has 0 spiro atoms. The lowest BCUT2D eigenvalue weighted by atomic mass is 10.0. The zero-order valence-corrected chi connectivity index (χ0v) is 10.3. The van der Waals surface area contributed by atoms with Crippen molar-refractivity contribution in [3.63, 3.8) is 0 Å². The molecule has 1 aromatic rings. The van der Waals surface area contributed by atoms with E-state index >= 15 is 0 Å². The fraction of sp³-hybridized carbons (Fsp3) is 0.462. The minimum Gasteiger partial charge on any atom is -0.294 e. The van der Waals surface area contributed by atoms with Gasteiger partial charge in [0.15, 0.2) is 5.78 Å². The molecule has 0 aliphatic heterocycles. The molecule has 2 aliphatic rings. The zero-order chi connectivity index (χ0) is 11.3. The van der Waals surface area contributed by atoms with E-state index in [4.69, 9.17) is 0 Å². The van der Waals surface area contributed by atoms with Crippen LogP contribution in [0.2, 0.25) is 0 Å². The van der Waals surface area contributed by atoms with Crippen molar-refractivity contribution in [2.24, 2.45) is 17.8 Å². The van der Waals surface area contributed by atoms with E-state index in [1.165, 1.54) is 12.5 Å². The third-order valence-corrected chi connectivity index (χ3v) is 4.40. The van der Waals surface area contributed by atoms with E-state index in [-0.39, 0.29) is 17.3 Å². The lowest BCUT2D eigenvalue weighted by Gasteiger charge is -2.04. The van der Waals surface area contributed by atoms with Crippen LogP contribution in [0.25, 0.3) is 0 Å². The van der Waals surface area contributed by atoms with Gasteiger partial charge in [0.2, 0.25) is 0 Å². The first-order chi connectivity index (χ1) is 7.68. The van der Waals surface area contributed by atoms with Crippen LogP contribution in [0, 0.1) is 23.6 Å². The van der Waals surface area contributed by atoms with Crippen molar-refractivity contribution >= 4 is 21.7 Å². The van der Waals surface area contributed by atoms with Crippen LogP contribution in [-0.2, 0) is 0 Å². The van der Waals surface area contributed by atoms with E-state index in [1.807, 2.05) is 0 Å². The average Bonchev–Trinajstić information content (AvgIpc) is 2.74. The first-order valence-corrected chi connectivity index (χ1v) is 6.47. The van der Waals surface area contributed by atoms with Gasteiger partial charge in [0.05, 0.1) is 5.56 Å². The fourth-order valence-corrected chi connectivity index (χ4v) is 3.44. The number of halogens is 2. The van der Waals surface area contributed by atoms with Gasteiger partial charge in [-0.05, 0) is 42.9 Å². The van der Waals surface area contributed by atoms with Gasteiger partial charge in [-0.15, -0.1) is 0 Å². The number of fused-ring (bicyclic) bond motifs is 1. The molecule has 2 saturated carbocycles. The van der Waals surface area contributed by atoms with Gasteiger partial charge >= 0.3 is 0 Å². The van der Waals surface area contributed by atoms with E-state index in [9.17, 15) is 9.18 Å². The molecule has 2 fully saturated rings. The first kappa shape index (κ1) is 10.5. The first-order valence-electron chi connectivity index (χ1n) is 5.68. The molecule has 0 radical (unpaired) electrons. The van der Waals surface area contributed by atoms with Gasteiger partial charge in [-0.3, -0.25) is 4.79 Å². The average molecular weight is 283 g/mol. The van der Waals surface area contributed by atoms with Crippen molar-refractivity contribution in [2.75, 3.05) is 0 Å². The van der Waals surface area contributed by atoms with Crippen LogP contribution in [0.1, 0.15) is 29.6 Å². The van der Waals surface area contributed by atoms with Gasteiger partial charge in [0.25, 0.3) is 0 Å². The summed E-state index contributed by atoms with van der Waals surface area (Å²) in [4.78, 5) is 12.1. The van der Waals surface area contributed by atoms with Crippen LogP contribution in [0.15, 0.2) is 22.7 Å². The third-order valence-electron chi connectivity index (χ3n) is 3.90. The summed E-state index contributed by atoms with van der Waals surface area (Å²) in [7, 11) is 0. The summed E-state index contributed by atoms with van der Waals surface area (Å²) in [5.41, 5.74) is 0.258. The molecule has 3 rings (SSSR count). The number of rotatable bonds is 2. The van der Waals surface area contributed by atoms with Crippen molar-refractivity contribution < 1.29 is 9.18 Å². The molecule has 2 atom stereocenters. The van der Waals surface area contributed by atoms with Gasteiger partial charge in [-0.2, -0.15) is 0 Å². The Labute approximate surface area is 102 Å². The lowest BCUT2D eigenvalue weighted by molar-refractivity contribution is 0.0947. The second-order valence-electron chi connectivity index (χ2n) is 4.77. The van der Waals surface area contributed by atoms with Crippen LogP contribution in [0.3, 0.4) is 0 Å². The lowest BCUT2D eigenvalue weighted by Crippen LogP contribution is -2.08. The summed E-state index contributed by atoms with van der Waals surface area (Å²) >= 11 is 3.28. The molecule has 0 bridgehead atoms. The summed E-state index contributed by atoms with van der Waals surface area (Å²) in [5.74, 6) is 0.820. The Hall–Kier alpha value is -0.700. The maximum absolute atomic E-state index is 13.5. The number of carbonyl (C=O) groups is 1. The monoisotopic (exact) mass is 282 g/mol. The van der Waals surface area contributed by atoms with Gasteiger partial charge < -0.3 is 0 Å². The highest BCUT2D eigenvalue weighted by atomic mass is 79.9. The van der Waals surface area contributed by atoms with Crippen LogP contribution in [0.5, 0.6) is 0 Å². The topological polar surface area (TPSA) is 17.1 Å². The highest BCUT2D eigenvalue weighted by Gasteiger charge is 2.56. The van der Waals surface area contributed by atoms with Crippen LogP contribution in [0.4, 0.5) is 4.39 Å². The molecule has 0 amide bonds. The Kier molecular flexibility index (Phi) is 2.39. The summed E-state index contributed by atoms with van der Waals surface area (Å²) in [6, 6.07) is 4.58. The second-order valence-corrected chi connectivity index (χ2v) is 5.69. The van der Waals surface area contributed by atoms with Crippen molar-refractivity contribution in [3.05, 3.63) is 34.1 Å². The van der Waals surface area contributed by atoms with Gasteiger partial charge in [0, 0.05) is 10.4 Å². The quantitative estimate of drug-likeness (QED) is 0.754. The maximum atomic E-state index is 13.5. The minimum atomic E-state index is -0.391. The summed E-state index contributed by atoms with van der Waals surface area (Å²) in [6.45, 7) is 0. The zero-order valence-electron chi connectivity index (χ0n) is 8.75. The van der Waals surface area contributed by atoms with Gasteiger partial charge in [-0.25, -0.2) is 4.39 Å². The van der Waals surface area contributed by atoms with E-state index in [1.54, 1.807) is 12.1 Å². The minimum absolute atomic E-state index is 0.00787. The maximum Gasteiger partial charge on any atom is 0.169 e. The predicted octanol–water partition coefficient (Wildman–Crippen LogP) is 3.82. The molecular formula is C13H12BrFO. The van der Waals surface area contributed by atoms with Crippen LogP contribution in [-0.4, -0.2) is 5.78 Å². The number of benzene rings is 1. The molecule has 2 aliphatic carbocycles. The smallest absolute Gasteiger partial charge is 0.169 e. The molecule has 2 unspecified atom stereocenters. The Morgan fingerprint density at radius 1 is 1.31 bits per heavy atom. The van der Waals surface area contributed by atoms with E-state index in [2.05, 4.69) is 15.9 Å². The number of carbonyl (C=O) groups excluding carboxylic acids is 1. The van der Waals surface area contributed by atoms with Gasteiger partial charge in [-0.1, -0.05) is 22.4 Å². The largest absolute Gasteiger partial charge is 0.294 e. The van der Waals surface area contributed by atoms with Crippen molar-refractivity contribution in [1.29, 1.82) is 0 Å². The second kappa shape index (κ2) is 3.66. The molecular weight excluding hydrogens is 271 g/mol. The molecule has 1 nitrogen and oxygen atoms in total. The Morgan fingerprint density at radius 2 is 2.00 bits per heavy atom. The molecule has 0 aromatic heterocycles. The number of hydrogen-bond donors (Lipinski definition) is 0. The summed E-state index contributed by atoms with van der Waals surface area (Å²) in [6.07, 6.45) is 3.54. The van der Waals surface area contributed by atoms with E-state index in [0.29, 0.717) is 11.8 Å². The van der Waals surface area contributed by atoms with Gasteiger partial charge in [0.1, 0.15) is 5.82 Å². The molecule has 16 heavy (non-hydrogen) atoms. The van der Waals surface area contributed by atoms with Crippen molar-refractivity contribution in [1.82, 2.24) is 0 Å². The Balaban J connectivity index is 1.87. The van der Waals surface area contributed by atoms with E-state index in [0.717, 1.165) is 17.3 Å². The van der Waals surface area contributed by atoms with Crippen molar-refractivity contribution in [3.8, 4) is 0 Å². The Bertz CT molecular complexity index is 447. The fourth-order valence-electron chi connectivity index (χ4n) is 3.08. The van der Waals surface area contributed by atoms with Crippen LogP contribution >= 0.6 is 15.9 Å². The number of hydrogen-bond acceptors (Lipinski definition) is 1. The predicted molar refractivity (Wildman–Crippen MR) is 62.8 cm³/mol. The summed E-state index contributed by atoms with van der Waals surface area (Å²) < 4.78 is 14.3. The normalized spacial score (nSPS) is 31.2. The molecule has 84 valence electrons. The molecule has 0 heterocycles. The SMILES string of the molecule is O=C(c1cc(Br)ccc1F)C1C2CCCC21. The highest BCUT2D eigenvalue weighted by Crippen LogP contribution is 2.58.